The van der Waals surface area contributed by atoms with Crippen molar-refractivity contribution in [3.05, 3.63) is 59.0 Å². The van der Waals surface area contributed by atoms with Gasteiger partial charge in [-0.2, -0.15) is 0 Å². The first-order valence-electron chi connectivity index (χ1n) is 8.13. The molecule has 1 N–H and O–H groups in total. The summed E-state index contributed by atoms with van der Waals surface area (Å²) in [5.74, 6) is 0.758. The van der Waals surface area contributed by atoms with E-state index < -0.39 is 0 Å². The Bertz CT molecular complexity index is 667. The molecular weight excluding hydrogens is 326 g/mol. The average molecular weight is 348 g/mol. The third kappa shape index (κ3) is 4.17. The van der Waals surface area contributed by atoms with Crippen molar-refractivity contribution in [2.45, 2.75) is 6.04 Å². The first kappa shape index (κ1) is 17.0. The summed E-state index contributed by atoms with van der Waals surface area (Å²) >= 11 is 5.96. The Morgan fingerprint density at radius 3 is 2.71 bits per heavy atom. The van der Waals surface area contributed by atoms with Crippen LogP contribution in [-0.2, 0) is 0 Å². The lowest BCUT2D eigenvalue weighted by molar-refractivity contribution is 0.0851. The third-order valence-electron chi connectivity index (χ3n) is 4.39. The topological polar surface area (TPSA) is 48.7 Å². The summed E-state index contributed by atoms with van der Waals surface area (Å²) in [6.07, 6.45) is 1.68. The average Bonchev–Trinajstić information content (AvgIpc) is 3.11. The lowest BCUT2D eigenvalue weighted by atomic mass is 10.1. The van der Waals surface area contributed by atoms with Gasteiger partial charge in [0.1, 0.15) is 5.76 Å². The fraction of sp³-hybridized carbons (Fsp3) is 0.389. The van der Waals surface area contributed by atoms with Gasteiger partial charge in [-0.25, -0.2) is 0 Å². The Balaban J connectivity index is 1.67. The van der Waals surface area contributed by atoms with Gasteiger partial charge in [-0.1, -0.05) is 17.7 Å². The molecule has 1 aliphatic rings. The molecule has 1 aromatic heterocycles. The molecule has 0 aliphatic carbocycles. The number of furan rings is 1. The molecule has 6 heteroatoms. The Kier molecular flexibility index (Phi) is 5.56. The summed E-state index contributed by atoms with van der Waals surface area (Å²) < 4.78 is 5.61. The van der Waals surface area contributed by atoms with E-state index in [-0.39, 0.29) is 11.9 Å². The number of amides is 1. The number of nitrogens with zero attached hydrogens (tertiary/aromatic N) is 2. The summed E-state index contributed by atoms with van der Waals surface area (Å²) in [5, 5.41) is 3.57. The normalized spacial score (nSPS) is 17.6. The summed E-state index contributed by atoms with van der Waals surface area (Å²) in [4.78, 5) is 17.0. The Morgan fingerprint density at radius 2 is 2.04 bits per heavy atom. The van der Waals surface area contributed by atoms with Gasteiger partial charge in [-0.3, -0.25) is 9.69 Å². The molecular formula is C18H22ClN3O2. The summed E-state index contributed by atoms with van der Waals surface area (Å²) in [6, 6.07) is 10.9. The minimum Gasteiger partial charge on any atom is -0.468 e. The number of carbonyl (C=O) groups is 1. The maximum Gasteiger partial charge on any atom is 0.251 e. The van der Waals surface area contributed by atoms with Crippen LogP contribution < -0.4 is 5.32 Å². The van der Waals surface area contributed by atoms with Gasteiger partial charge >= 0.3 is 0 Å². The van der Waals surface area contributed by atoms with E-state index >= 15 is 0 Å². The van der Waals surface area contributed by atoms with Crippen LogP contribution in [0.5, 0.6) is 0 Å². The monoisotopic (exact) mass is 347 g/mol. The molecule has 0 bridgehead atoms. The van der Waals surface area contributed by atoms with Crippen LogP contribution in [0.4, 0.5) is 0 Å². The predicted octanol–water partition coefficient (Wildman–Crippen LogP) is 2.65. The highest BCUT2D eigenvalue weighted by atomic mass is 35.5. The van der Waals surface area contributed by atoms with E-state index in [1.807, 2.05) is 12.1 Å². The predicted molar refractivity (Wildman–Crippen MR) is 94.3 cm³/mol. The molecule has 3 rings (SSSR count). The standard InChI is InChI=1S/C18H22ClN3O2/c1-21-7-9-22(10-8-21)16(17-6-3-11-24-17)13-20-18(23)14-4-2-5-15(19)12-14/h2-6,11-12,16H,7-10,13H2,1H3,(H,20,23). The van der Waals surface area contributed by atoms with Crippen molar-refractivity contribution in [1.82, 2.24) is 15.1 Å². The highest BCUT2D eigenvalue weighted by Crippen LogP contribution is 2.22. The number of likely N-dealkylation sites (N-methyl/N-ethyl adjacent to an activating group) is 1. The molecule has 1 aromatic carbocycles. The molecule has 2 heterocycles. The lowest BCUT2D eigenvalue weighted by Crippen LogP contribution is -2.48. The van der Waals surface area contributed by atoms with Crippen LogP contribution in [0.2, 0.25) is 5.02 Å². The summed E-state index contributed by atoms with van der Waals surface area (Å²) in [7, 11) is 2.13. The largest absolute Gasteiger partial charge is 0.468 e. The van der Waals surface area contributed by atoms with E-state index in [1.165, 1.54) is 0 Å². The zero-order valence-corrected chi connectivity index (χ0v) is 14.5. The minimum absolute atomic E-state index is 0.0387. The zero-order chi connectivity index (χ0) is 16.9. The molecule has 128 valence electrons. The fourth-order valence-electron chi connectivity index (χ4n) is 2.95. The van der Waals surface area contributed by atoms with Gasteiger partial charge in [0.25, 0.3) is 5.91 Å². The maximum atomic E-state index is 12.4. The second-order valence-corrected chi connectivity index (χ2v) is 6.53. The van der Waals surface area contributed by atoms with Crippen molar-refractivity contribution in [2.24, 2.45) is 0 Å². The SMILES string of the molecule is CN1CCN(C(CNC(=O)c2cccc(Cl)c2)c2ccco2)CC1. The Morgan fingerprint density at radius 1 is 1.25 bits per heavy atom. The molecule has 0 spiro atoms. The molecule has 5 nitrogen and oxygen atoms in total. The minimum atomic E-state index is -0.122. The smallest absolute Gasteiger partial charge is 0.251 e. The van der Waals surface area contributed by atoms with Gasteiger partial charge in [-0.15, -0.1) is 0 Å². The number of hydrogen-bond donors (Lipinski definition) is 1. The van der Waals surface area contributed by atoms with Crippen LogP contribution in [0, 0.1) is 0 Å². The van der Waals surface area contributed by atoms with Crippen LogP contribution in [0.3, 0.4) is 0 Å². The van der Waals surface area contributed by atoms with Crippen molar-refractivity contribution >= 4 is 17.5 Å². The number of carbonyl (C=O) groups excluding carboxylic acids is 1. The first-order chi connectivity index (χ1) is 11.6. The van der Waals surface area contributed by atoms with E-state index in [0.717, 1.165) is 31.9 Å². The van der Waals surface area contributed by atoms with Crippen molar-refractivity contribution in [1.29, 1.82) is 0 Å². The lowest BCUT2D eigenvalue weighted by Gasteiger charge is -2.37. The van der Waals surface area contributed by atoms with Gasteiger partial charge < -0.3 is 14.6 Å². The highest BCUT2D eigenvalue weighted by molar-refractivity contribution is 6.30. The third-order valence-corrected chi connectivity index (χ3v) is 4.63. The number of nitrogens with one attached hydrogen (secondary N) is 1. The van der Waals surface area contributed by atoms with Crippen LogP contribution in [0.25, 0.3) is 0 Å². The van der Waals surface area contributed by atoms with E-state index in [1.54, 1.807) is 30.5 Å². The molecule has 1 unspecified atom stereocenters. The number of benzene rings is 1. The van der Waals surface area contributed by atoms with E-state index in [9.17, 15) is 4.79 Å². The van der Waals surface area contributed by atoms with Crippen LogP contribution >= 0.6 is 11.6 Å². The fourth-order valence-corrected chi connectivity index (χ4v) is 3.14. The van der Waals surface area contributed by atoms with Gasteiger partial charge in [0, 0.05) is 43.3 Å². The molecule has 1 amide bonds. The number of hydrogen-bond acceptors (Lipinski definition) is 4. The maximum absolute atomic E-state index is 12.4. The van der Waals surface area contributed by atoms with Gasteiger partial charge in [0.15, 0.2) is 0 Å². The molecule has 1 saturated heterocycles. The van der Waals surface area contributed by atoms with Crippen molar-refractivity contribution in [3.63, 3.8) is 0 Å². The van der Waals surface area contributed by atoms with Gasteiger partial charge in [0.05, 0.1) is 12.3 Å². The van der Waals surface area contributed by atoms with E-state index in [4.69, 9.17) is 16.0 Å². The van der Waals surface area contributed by atoms with Crippen LogP contribution in [0.1, 0.15) is 22.2 Å². The number of halogens is 1. The first-order valence-corrected chi connectivity index (χ1v) is 8.51. The van der Waals surface area contributed by atoms with Gasteiger partial charge in [-0.05, 0) is 37.4 Å². The Hall–Kier alpha value is -1.82. The second kappa shape index (κ2) is 7.83. The second-order valence-electron chi connectivity index (χ2n) is 6.09. The Labute approximate surface area is 147 Å². The van der Waals surface area contributed by atoms with Crippen LogP contribution in [-0.4, -0.2) is 55.5 Å². The molecule has 0 radical (unpaired) electrons. The van der Waals surface area contributed by atoms with Crippen molar-refractivity contribution < 1.29 is 9.21 Å². The van der Waals surface area contributed by atoms with Crippen LogP contribution in [0.15, 0.2) is 47.1 Å². The molecule has 1 atom stereocenters. The van der Waals surface area contributed by atoms with E-state index in [2.05, 4.69) is 22.2 Å². The molecule has 24 heavy (non-hydrogen) atoms. The van der Waals surface area contributed by atoms with E-state index in [0.29, 0.717) is 17.1 Å². The quantitative estimate of drug-likeness (QED) is 0.903. The summed E-state index contributed by atoms with van der Waals surface area (Å²) in [6.45, 7) is 4.44. The highest BCUT2D eigenvalue weighted by Gasteiger charge is 2.26. The molecule has 0 saturated carbocycles. The molecule has 1 fully saturated rings. The summed E-state index contributed by atoms with van der Waals surface area (Å²) in [5.41, 5.74) is 0.569. The zero-order valence-electron chi connectivity index (χ0n) is 13.7. The number of rotatable bonds is 5. The van der Waals surface area contributed by atoms with Crippen molar-refractivity contribution in [2.75, 3.05) is 39.8 Å². The van der Waals surface area contributed by atoms with Crippen molar-refractivity contribution in [3.8, 4) is 0 Å². The number of piperazine rings is 1. The molecule has 1 aliphatic heterocycles. The molecule has 2 aromatic rings. The van der Waals surface area contributed by atoms with Gasteiger partial charge in [0.2, 0.25) is 0 Å².